The highest BCUT2D eigenvalue weighted by molar-refractivity contribution is 6.39. The second-order valence-corrected chi connectivity index (χ2v) is 4.66. The number of nitrogens with zero attached hydrogens (tertiary/aromatic N) is 1. The first-order valence-corrected chi connectivity index (χ1v) is 6.19. The Morgan fingerprint density at radius 1 is 1.21 bits per heavy atom. The predicted octanol–water partition coefficient (Wildman–Crippen LogP) is 3.76. The number of benzene rings is 1. The van der Waals surface area contributed by atoms with Crippen LogP contribution in [-0.2, 0) is 11.2 Å². The van der Waals surface area contributed by atoms with E-state index in [-0.39, 0.29) is 6.42 Å². The van der Waals surface area contributed by atoms with Crippen LogP contribution in [-0.4, -0.2) is 16.1 Å². The zero-order valence-corrected chi connectivity index (χ0v) is 11.2. The summed E-state index contributed by atoms with van der Waals surface area (Å²) in [5.41, 5.74) is 1.20. The van der Waals surface area contributed by atoms with Gasteiger partial charge in [-0.1, -0.05) is 35.3 Å². The van der Waals surface area contributed by atoms with Gasteiger partial charge in [-0.15, -0.1) is 0 Å². The fourth-order valence-electron chi connectivity index (χ4n) is 1.52. The third-order valence-electron chi connectivity index (χ3n) is 2.40. The molecule has 0 amide bonds. The van der Waals surface area contributed by atoms with Gasteiger partial charge in [0.15, 0.2) is 0 Å². The van der Waals surface area contributed by atoms with E-state index in [1.807, 2.05) is 0 Å². The molecule has 0 atom stereocenters. The first kappa shape index (κ1) is 13.6. The van der Waals surface area contributed by atoms with Crippen LogP contribution in [0.5, 0.6) is 0 Å². The molecule has 2 rings (SSSR count). The Morgan fingerprint density at radius 2 is 1.89 bits per heavy atom. The maximum atomic E-state index is 10.6. The average molecular weight is 297 g/mol. The van der Waals surface area contributed by atoms with E-state index in [0.29, 0.717) is 27.1 Å². The molecule has 2 N–H and O–H groups in total. The van der Waals surface area contributed by atoms with E-state index < -0.39 is 5.97 Å². The summed E-state index contributed by atoms with van der Waals surface area (Å²) in [6.45, 7) is 0. The lowest BCUT2D eigenvalue weighted by atomic mass is 10.2. The highest BCUT2D eigenvalue weighted by Crippen LogP contribution is 2.31. The predicted molar refractivity (Wildman–Crippen MR) is 75.3 cm³/mol. The Labute approximate surface area is 120 Å². The third kappa shape index (κ3) is 3.59. The van der Waals surface area contributed by atoms with Crippen LogP contribution in [0.1, 0.15) is 5.56 Å². The van der Waals surface area contributed by atoms with Gasteiger partial charge in [-0.3, -0.25) is 4.79 Å². The van der Waals surface area contributed by atoms with Crippen LogP contribution < -0.4 is 5.32 Å². The first-order chi connectivity index (χ1) is 9.06. The molecule has 0 bridgehead atoms. The highest BCUT2D eigenvalue weighted by Gasteiger charge is 2.06. The molecular weight excluding hydrogens is 287 g/mol. The van der Waals surface area contributed by atoms with E-state index >= 15 is 0 Å². The van der Waals surface area contributed by atoms with Crippen molar-refractivity contribution in [2.75, 3.05) is 5.32 Å². The van der Waals surface area contributed by atoms with Gasteiger partial charge in [-0.05, 0) is 23.8 Å². The zero-order valence-electron chi connectivity index (χ0n) is 9.73. The number of carboxylic acids is 1. The molecule has 0 radical (unpaired) electrons. The molecule has 0 fully saturated rings. The molecule has 0 saturated heterocycles. The molecular formula is C13H10Cl2N2O2. The van der Waals surface area contributed by atoms with E-state index in [4.69, 9.17) is 28.3 Å². The van der Waals surface area contributed by atoms with Crippen LogP contribution >= 0.6 is 23.2 Å². The Kier molecular flexibility index (Phi) is 4.24. The topological polar surface area (TPSA) is 62.2 Å². The molecule has 0 unspecified atom stereocenters. The van der Waals surface area contributed by atoms with Crippen LogP contribution in [0.15, 0.2) is 36.5 Å². The Morgan fingerprint density at radius 3 is 2.42 bits per heavy atom. The summed E-state index contributed by atoms with van der Waals surface area (Å²) < 4.78 is 0. The third-order valence-corrected chi connectivity index (χ3v) is 3.03. The number of rotatable bonds is 4. The van der Waals surface area contributed by atoms with Crippen molar-refractivity contribution >= 4 is 40.7 Å². The molecule has 4 nitrogen and oxygen atoms in total. The maximum absolute atomic E-state index is 10.6. The summed E-state index contributed by atoms with van der Waals surface area (Å²) in [4.78, 5) is 14.7. The van der Waals surface area contributed by atoms with E-state index in [1.54, 1.807) is 30.3 Å². The smallest absolute Gasteiger partial charge is 0.307 e. The average Bonchev–Trinajstić information content (AvgIpc) is 2.35. The van der Waals surface area contributed by atoms with Gasteiger partial charge in [0.2, 0.25) is 0 Å². The number of pyridine rings is 1. The summed E-state index contributed by atoms with van der Waals surface area (Å²) in [5.74, 6) is -0.346. The molecule has 1 aromatic heterocycles. The van der Waals surface area contributed by atoms with Crippen LogP contribution in [0.25, 0.3) is 0 Å². The second kappa shape index (κ2) is 5.91. The van der Waals surface area contributed by atoms with E-state index in [0.717, 1.165) is 0 Å². The van der Waals surface area contributed by atoms with Crippen molar-refractivity contribution in [1.82, 2.24) is 4.98 Å². The fraction of sp³-hybridized carbons (Fsp3) is 0.0769. The van der Waals surface area contributed by atoms with Gasteiger partial charge in [0.05, 0.1) is 22.2 Å². The lowest BCUT2D eigenvalue weighted by molar-refractivity contribution is -0.136. The van der Waals surface area contributed by atoms with Crippen LogP contribution in [0.3, 0.4) is 0 Å². The highest BCUT2D eigenvalue weighted by atomic mass is 35.5. The molecule has 19 heavy (non-hydrogen) atoms. The zero-order chi connectivity index (χ0) is 13.8. The van der Waals surface area contributed by atoms with Gasteiger partial charge in [-0.2, -0.15) is 0 Å². The number of para-hydroxylation sites is 1. The quantitative estimate of drug-likeness (QED) is 0.902. The van der Waals surface area contributed by atoms with Gasteiger partial charge >= 0.3 is 5.97 Å². The van der Waals surface area contributed by atoms with Crippen molar-refractivity contribution in [2.24, 2.45) is 0 Å². The minimum absolute atomic E-state index is 0.0554. The standard InChI is InChI=1S/C13H10Cl2N2O2/c14-9-2-1-3-10(15)13(9)17-11-5-4-8(7-16-11)6-12(18)19/h1-5,7H,6H2,(H,16,17)(H,18,19). The second-order valence-electron chi connectivity index (χ2n) is 3.84. The number of nitrogens with one attached hydrogen (secondary N) is 1. The molecule has 0 saturated carbocycles. The minimum Gasteiger partial charge on any atom is -0.481 e. The molecule has 0 aliphatic rings. The summed E-state index contributed by atoms with van der Waals surface area (Å²) in [7, 11) is 0. The van der Waals surface area contributed by atoms with Crippen molar-refractivity contribution in [2.45, 2.75) is 6.42 Å². The molecule has 0 spiro atoms. The van der Waals surface area contributed by atoms with Crippen molar-refractivity contribution < 1.29 is 9.90 Å². The van der Waals surface area contributed by atoms with Crippen LogP contribution in [0.4, 0.5) is 11.5 Å². The minimum atomic E-state index is -0.892. The van der Waals surface area contributed by atoms with Crippen molar-refractivity contribution in [3.8, 4) is 0 Å². The molecule has 2 aromatic rings. The fourth-order valence-corrected chi connectivity index (χ4v) is 2.01. The normalized spacial score (nSPS) is 10.2. The monoisotopic (exact) mass is 296 g/mol. The molecule has 1 aromatic carbocycles. The van der Waals surface area contributed by atoms with Gasteiger partial charge in [0.1, 0.15) is 5.82 Å². The number of anilines is 2. The maximum Gasteiger partial charge on any atom is 0.307 e. The summed E-state index contributed by atoms with van der Waals surface area (Å²) in [6, 6.07) is 8.55. The lowest BCUT2D eigenvalue weighted by Crippen LogP contribution is -2.01. The number of hydrogen-bond donors (Lipinski definition) is 2. The molecule has 0 aliphatic heterocycles. The number of aromatic nitrogens is 1. The van der Waals surface area contributed by atoms with Gasteiger partial charge in [0, 0.05) is 6.20 Å². The van der Waals surface area contributed by atoms with Crippen LogP contribution in [0.2, 0.25) is 10.0 Å². The first-order valence-electron chi connectivity index (χ1n) is 5.44. The Hall–Kier alpha value is -1.78. The van der Waals surface area contributed by atoms with Gasteiger partial charge in [-0.25, -0.2) is 4.98 Å². The van der Waals surface area contributed by atoms with Crippen molar-refractivity contribution in [3.05, 3.63) is 52.1 Å². The van der Waals surface area contributed by atoms with E-state index in [1.165, 1.54) is 6.20 Å². The Balaban J connectivity index is 2.18. The van der Waals surface area contributed by atoms with Gasteiger partial charge in [0.25, 0.3) is 0 Å². The summed E-state index contributed by atoms with van der Waals surface area (Å²) in [5, 5.41) is 12.6. The van der Waals surface area contributed by atoms with E-state index in [9.17, 15) is 4.79 Å². The SMILES string of the molecule is O=C(O)Cc1ccc(Nc2c(Cl)cccc2Cl)nc1. The van der Waals surface area contributed by atoms with Gasteiger partial charge < -0.3 is 10.4 Å². The summed E-state index contributed by atoms with van der Waals surface area (Å²) in [6.07, 6.45) is 1.45. The Bertz CT molecular complexity index is 580. The van der Waals surface area contributed by atoms with Crippen molar-refractivity contribution in [3.63, 3.8) is 0 Å². The molecule has 6 heteroatoms. The number of carboxylic acid groups (broad SMARTS) is 1. The molecule has 1 heterocycles. The number of halogens is 2. The number of hydrogen-bond acceptors (Lipinski definition) is 3. The molecule has 98 valence electrons. The van der Waals surface area contributed by atoms with Crippen molar-refractivity contribution in [1.29, 1.82) is 0 Å². The molecule has 0 aliphatic carbocycles. The van der Waals surface area contributed by atoms with E-state index in [2.05, 4.69) is 10.3 Å². The van der Waals surface area contributed by atoms with Crippen LogP contribution in [0, 0.1) is 0 Å². The largest absolute Gasteiger partial charge is 0.481 e. The number of aliphatic carboxylic acids is 1. The lowest BCUT2D eigenvalue weighted by Gasteiger charge is -2.09. The summed E-state index contributed by atoms with van der Waals surface area (Å²) >= 11 is 12.1. The number of carbonyl (C=O) groups is 1.